The second-order valence-corrected chi connectivity index (χ2v) is 8.71. The number of anilines is 1. The zero-order valence-corrected chi connectivity index (χ0v) is 17.0. The molecule has 2 fully saturated rings. The Hall–Kier alpha value is -3.03. The lowest BCUT2D eigenvalue weighted by Gasteiger charge is -2.46. The summed E-state index contributed by atoms with van der Waals surface area (Å²) in [4.78, 5) is 64.0. The van der Waals surface area contributed by atoms with Gasteiger partial charge in [0.15, 0.2) is 29.1 Å². The summed E-state index contributed by atoms with van der Waals surface area (Å²) in [5, 5.41) is 13.6. The average Bonchev–Trinajstić information content (AvgIpc) is 2.68. The minimum Gasteiger partial charge on any atom is -0.507 e. The van der Waals surface area contributed by atoms with Crippen molar-refractivity contribution in [2.24, 2.45) is 41.2 Å². The number of phenols is 1. The summed E-state index contributed by atoms with van der Waals surface area (Å²) in [7, 11) is 1.72. The maximum Gasteiger partial charge on any atom is 0.235 e. The molecular formula is C22H24N2O6. The Morgan fingerprint density at radius 1 is 1.13 bits per heavy atom. The Balaban J connectivity index is 1.82. The maximum absolute atomic E-state index is 13.4. The van der Waals surface area contributed by atoms with E-state index in [1.54, 1.807) is 27.0 Å². The van der Waals surface area contributed by atoms with E-state index in [0.29, 0.717) is 29.7 Å². The first-order valence-corrected chi connectivity index (χ1v) is 10.1. The number of phenolic OH excluding ortho intramolecular Hbond substituents is 1. The Morgan fingerprint density at radius 2 is 1.80 bits per heavy atom. The van der Waals surface area contributed by atoms with E-state index in [9.17, 15) is 29.1 Å². The third-order valence-electron chi connectivity index (χ3n) is 7.20. The lowest BCUT2D eigenvalue weighted by atomic mass is 9.53. The molecule has 3 aliphatic carbocycles. The van der Waals surface area contributed by atoms with Gasteiger partial charge >= 0.3 is 0 Å². The van der Waals surface area contributed by atoms with Gasteiger partial charge in [-0.05, 0) is 48.8 Å². The number of Topliss-reactive ketones (excluding diaryl/α,β-unsaturated/α-hetero) is 4. The van der Waals surface area contributed by atoms with E-state index in [0.717, 1.165) is 0 Å². The monoisotopic (exact) mass is 412 g/mol. The fourth-order valence-corrected chi connectivity index (χ4v) is 5.69. The maximum atomic E-state index is 13.4. The van der Waals surface area contributed by atoms with Gasteiger partial charge in [-0.15, -0.1) is 0 Å². The Kier molecular flexibility index (Phi) is 4.56. The van der Waals surface area contributed by atoms with Crippen LogP contribution in [0.15, 0.2) is 6.07 Å². The molecule has 158 valence electrons. The number of benzene rings is 1. The molecule has 4 N–H and O–H groups in total. The van der Waals surface area contributed by atoms with Crippen LogP contribution in [0.4, 0.5) is 5.69 Å². The van der Waals surface area contributed by atoms with Gasteiger partial charge in [-0.25, -0.2) is 0 Å². The summed E-state index contributed by atoms with van der Waals surface area (Å²) < 4.78 is 0. The molecular weight excluding hydrogens is 388 g/mol. The SMILES string of the molecule is CNc1cc(C)c(O)c2c1CC1CC3C(C)C(=O)C(C(N)=O)C(=O)C3C(=O)C1C2=O. The molecule has 3 aliphatic rings. The lowest BCUT2D eigenvalue weighted by Crippen LogP contribution is -2.59. The largest absolute Gasteiger partial charge is 0.507 e. The van der Waals surface area contributed by atoms with E-state index in [-0.39, 0.29) is 17.2 Å². The van der Waals surface area contributed by atoms with Crippen LogP contribution in [0.2, 0.25) is 0 Å². The van der Waals surface area contributed by atoms with Crippen molar-refractivity contribution in [2.45, 2.75) is 26.7 Å². The number of rotatable bonds is 2. The molecule has 8 heteroatoms. The number of carbonyl (C=O) groups is 5. The second kappa shape index (κ2) is 6.75. The zero-order chi connectivity index (χ0) is 22.1. The first kappa shape index (κ1) is 20.3. The second-order valence-electron chi connectivity index (χ2n) is 8.71. The van der Waals surface area contributed by atoms with Gasteiger partial charge in [0, 0.05) is 18.7 Å². The molecule has 8 nitrogen and oxygen atoms in total. The van der Waals surface area contributed by atoms with Crippen molar-refractivity contribution in [3.05, 3.63) is 22.8 Å². The number of aryl methyl sites for hydroxylation is 1. The Bertz CT molecular complexity index is 1030. The summed E-state index contributed by atoms with van der Waals surface area (Å²) >= 11 is 0. The molecule has 0 bridgehead atoms. The highest BCUT2D eigenvalue weighted by atomic mass is 16.3. The van der Waals surface area contributed by atoms with Gasteiger partial charge in [0.05, 0.1) is 17.4 Å². The average molecular weight is 412 g/mol. The highest BCUT2D eigenvalue weighted by Gasteiger charge is 2.59. The van der Waals surface area contributed by atoms with Gasteiger partial charge in [0.2, 0.25) is 5.91 Å². The van der Waals surface area contributed by atoms with Gasteiger partial charge in [0.25, 0.3) is 0 Å². The standard InChI is InChI=1S/C22H24N2O6/c1-7-4-12(24-3)11-6-9-5-10-8(2)18(26)16(22(23)30)21(29)14(10)19(27)13(9)20(28)15(11)17(7)25/h4,8-10,13-14,16,24-25H,5-6H2,1-3H3,(H2,23,30). The quantitative estimate of drug-likeness (QED) is 0.482. The number of nitrogens with one attached hydrogen (secondary N) is 1. The molecule has 2 saturated carbocycles. The predicted octanol–water partition coefficient (Wildman–Crippen LogP) is 0.808. The van der Waals surface area contributed by atoms with Crippen molar-refractivity contribution in [1.82, 2.24) is 0 Å². The fourth-order valence-electron chi connectivity index (χ4n) is 5.69. The van der Waals surface area contributed by atoms with Crippen LogP contribution in [-0.2, 0) is 25.6 Å². The third-order valence-corrected chi connectivity index (χ3v) is 7.20. The molecule has 1 aromatic rings. The van der Waals surface area contributed by atoms with Gasteiger partial charge in [-0.3, -0.25) is 24.0 Å². The minimum atomic E-state index is -1.64. The number of hydrogen-bond acceptors (Lipinski definition) is 7. The molecule has 0 radical (unpaired) electrons. The fraction of sp³-hybridized carbons (Fsp3) is 0.500. The van der Waals surface area contributed by atoms with Crippen molar-refractivity contribution in [3.8, 4) is 5.75 Å². The Labute approximate surface area is 173 Å². The zero-order valence-electron chi connectivity index (χ0n) is 17.0. The van der Waals surface area contributed by atoms with E-state index >= 15 is 0 Å². The minimum absolute atomic E-state index is 0.117. The molecule has 0 aliphatic heterocycles. The van der Waals surface area contributed by atoms with Gasteiger partial charge in [-0.1, -0.05) is 6.92 Å². The first-order chi connectivity index (χ1) is 14.1. The molecule has 0 aromatic heterocycles. The molecule has 0 saturated heterocycles. The van der Waals surface area contributed by atoms with E-state index in [4.69, 9.17) is 5.73 Å². The molecule has 6 atom stereocenters. The van der Waals surface area contributed by atoms with E-state index in [1.165, 1.54) is 0 Å². The van der Waals surface area contributed by atoms with Crippen LogP contribution in [0.1, 0.15) is 34.8 Å². The molecule has 1 aromatic carbocycles. The topological polar surface area (TPSA) is 144 Å². The number of nitrogens with two attached hydrogens (primary N) is 1. The molecule has 30 heavy (non-hydrogen) atoms. The number of amides is 1. The van der Waals surface area contributed by atoms with Crippen LogP contribution in [0.25, 0.3) is 0 Å². The number of carbonyl (C=O) groups excluding carboxylic acids is 5. The highest BCUT2D eigenvalue weighted by Crippen LogP contribution is 2.50. The molecule has 0 heterocycles. The van der Waals surface area contributed by atoms with Gasteiger partial charge in [-0.2, -0.15) is 0 Å². The van der Waals surface area contributed by atoms with Crippen molar-refractivity contribution >= 4 is 34.7 Å². The van der Waals surface area contributed by atoms with Crippen LogP contribution >= 0.6 is 0 Å². The number of hydrogen-bond donors (Lipinski definition) is 3. The van der Waals surface area contributed by atoms with E-state index in [2.05, 4.69) is 5.32 Å². The summed E-state index contributed by atoms with van der Waals surface area (Å²) in [6.45, 7) is 3.28. The van der Waals surface area contributed by atoms with Crippen molar-refractivity contribution in [3.63, 3.8) is 0 Å². The number of primary amides is 1. The normalized spacial score (nSPS) is 32.9. The number of aromatic hydroxyl groups is 1. The lowest BCUT2D eigenvalue weighted by molar-refractivity contribution is -0.156. The molecule has 4 rings (SSSR count). The first-order valence-electron chi connectivity index (χ1n) is 10.1. The number of ketones is 4. The smallest absolute Gasteiger partial charge is 0.235 e. The summed E-state index contributed by atoms with van der Waals surface area (Å²) in [6.07, 6.45) is 0.716. The van der Waals surface area contributed by atoms with E-state index < -0.39 is 58.6 Å². The van der Waals surface area contributed by atoms with Crippen LogP contribution in [0, 0.1) is 42.4 Å². The van der Waals surface area contributed by atoms with Gasteiger partial charge < -0.3 is 16.2 Å². The van der Waals surface area contributed by atoms with Crippen molar-refractivity contribution < 1.29 is 29.1 Å². The summed E-state index contributed by atoms with van der Waals surface area (Å²) in [5.41, 5.74) is 7.25. The van der Waals surface area contributed by atoms with Gasteiger partial charge in [0.1, 0.15) is 5.75 Å². The molecule has 1 amide bonds. The summed E-state index contributed by atoms with van der Waals surface area (Å²) in [6, 6.07) is 1.75. The van der Waals surface area contributed by atoms with Crippen LogP contribution in [0.3, 0.4) is 0 Å². The van der Waals surface area contributed by atoms with Crippen LogP contribution in [0.5, 0.6) is 5.75 Å². The van der Waals surface area contributed by atoms with Crippen molar-refractivity contribution in [1.29, 1.82) is 0 Å². The van der Waals surface area contributed by atoms with Crippen molar-refractivity contribution in [2.75, 3.05) is 12.4 Å². The van der Waals surface area contributed by atoms with Crippen LogP contribution in [-0.4, -0.2) is 41.2 Å². The summed E-state index contributed by atoms with van der Waals surface area (Å²) in [5.74, 6) is -9.14. The third kappa shape index (κ3) is 2.55. The molecule has 6 unspecified atom stereocenters. The van der Waals surface area contributed by atoms with Crippen LogP contribution < -0.4 is 11.1 Å². The molecule has 0 spiro atoms. The Morgan fingerprint density at radius 3 is 2.40 bits per heavy atom. The number of fused-ring (bicyclic) bond motifs is 3. The predicted molar refractivity (Wildman–Crippen MR) is 106 cm³/mol. The van der Waals surface area contributed by atoms with E-state index in [1.807, 2.05) is 0 Å². The highest BCUT2D eigenvalue weighted by molar-refractivity contribution is 6.28.